The van der Waals surface area contributed by atoms with Gasteiger partial charge in [-0.1, -0.05) is 44.7 Å². The van der Waals surface area contributed by atoms with Crippen molar-refractivity contribution in [3.8, 4) is 0 Å². The van der Waals surface area contributed by atoms with Gasteiger partial charge in [0.1, 0.15) is 0 Å². The van der Waals surface area contributed by atoms with Gasteiger partial charge in [0.05, 0.1) is 15.2 Å². The molecule has 0 aliphatic carbocycles. The Bertz CT molecular complexity index is 716. The number of hydrogen-bond acceptors (Lipinski definition) is 6. The van der Waals surface area contributed by atoms with E-state index in [0.717, 1.165) is 23.6 Å². The van der Waals surface area contributed by atoms with Crippen LogP contribution >= 0.6 is 23.1 Å². The Kier molecular flexibility index (Phi) is 4.73. The highest BCUT2D eigenvalue weighted by Gasteiger charge is 2.15. The maximum absolute atomic E-state index is 4.70. The Labute approximate surface area is 138 Å². The quantitative estimate of drug-likeness (QED) is 0.644. The Hall–Kier alpha value is -1.47. The molecule has 0 aliphatic rings. The van der Waals surface area contributed by atoms with Crippen LogP contribution in [0, 0.1) is 5.92 Å². The number of aromatic nitrogens is 5. The van der Waals surface area contributed by atoms with Crippen molar-refractivity contribution in [1.29, 1.82) is 0 Å². The van der Waals surface area contributed by atoms with E-state index < -0.39 is 0 Å². The van der Waals surface area contributed by atoms with Crippen LogP contribution in [0.5, 0.6) is 0 Å². The van der Waals surface area contributed by atoms with E-state index in [1.807, 2.05) is 10.7 Å². The molecule has 0 bridgehead atoms. The monoisotopic (exact) mass is 333 g/mol. The van der Waals surface area contributed by atoms with Crippen molar-refractivity contribution in [2.24, 2.45) is 5.92 Å². The molecule has 0 amide bonds. The van der Waals surface area contributed by atoms with Crippen LogP contribution < -0.4 is 0 Å². The fourth-order valence-electron chi connectivity index (χ4n) is 2.22. The predicted octanol–water partition coefficient (Wildman–Crippen LogP) is 3.66. The second-order valence-electron chi connectivity index (χ2n) is 5.75. The van der Waals surface area contributed by atoms with Crippen LogP contribution in [0.15, 0.2) is 29.4 Å². The maximum Gasteiger partial charge on any atom is 0.209 e. The fourth-order valence-corrected chi connectivity index (χ4v) is 4.34. The van der Waals surface area contributed by atoms with Crippen molar-refractivity contribution < 1.29 is 0 Å². The molecule has 22 heavy (non-hydrogen) atoms. The van der Waals surface area contributed by atoms with Crippen LogP contribution in [0.4, 0.5) is 0 Å². The molecule has 0 fully saturated rings. The minimum absolute atomic E-state index is 0.387. The zero-order chi connectivity index (χ0) is 15.5. The highest BCUT2D eigenvalue weighted by molar-refractivity contribution is 7.99. The van der Waals surface area contributed by atoms with Crippen molar-refractivity contribution in [3.05, 3.63) is 29.3 Å². The molecular formula is C15H19N5S2. The van der Waals surface area contributed by atoms with Crippen molar-refractivity contribution >= 4 is 33.3 Å². The van der Waals surface area contributed by atoms with E-state index in [2.05, 4.69) is 54.5 Å². The van der Waals surface area contributed by atoms with Gasteiger partial charge in [0.2, 0.25) is 5.16 Å². The Morgan fingerprint density at radius 2 is 2.05 bits per heavy atom. The zero-order valence-electron chi connectivity index (χ0n) is 12.9. The smallest absolute Gasteiger partial charge is 0.209 e. The number of thiazole rings is 1. The molecule has 1 atom stereocenters. The number of para-hydroxylation sites is 1. The first-order valence-corrected chi connectivity index (χ1v) is 9.08. The molecule has 116 valence electrons. The van der Waals surface area contributed by atoms with Gasteiger partial charge in [-0.2, -0.15) is 0 Å². The molecule has 3 rings (SSSR count). The summed E-state index contributed by atoms with van der Waals surface area (Å²) in [6, 6.07) is 8.28. The van der Waals surface area contributed by atoms with Crippen LogP contribution in [0.3, 0.4) is 0 Å². The highest BCUT2D eigenvalue weighted by Crippen LogP contribution is 2.27. The predicted molar refractivity (Wildman–Crippen MR) is 91.3 cm³/mol. The molecule has 5 nitrogen and oxygen atoms in total. The number of thioether (sulfide) groups is 1. The fraction of sp³-hybridized carbons (Fsp3) is 0.467. The van der Waals surface area contributed by atoms with E-state index in [4.69, 9.17) is 4.98 Å². The third-order valence-electron chi connectivity index (χ3n) is 3.14. The summed E-state index contributed by atoms with van der Waals surface area (Å²) in [6.45, 7) is 7.38. The molecule has 2 aromatic heterocycles. The van der Waals surface area contributed by atoms with E-state index in [-0.39, 0.29) is 0 Å². The van der Waals surface area contributed by atoms with Gasteiger partial charge < -0.3 is 0 Å². The Morgan fingerprint density at radius 1 is 1.23 bits per heavy atom. The van der Waals surface area contributed by atoms with Gasteiger partial charge in [-0.15, -0.1) is 16.4 Å². The molecule has 0 aliphatic heterocycles. The van der Waals surface area contributed by atoms with Gasteiger partial charge in [-0.3, -0.25) is 0 Å². The zero-order valence-corrected chi connectivity index (χ0v) is 14.6. The van der Waals surface area contributed by atoms with Gasteiger partial charge in [-0.25, -0.2) is 9.67 Å². The van der Waals surface area contributed by atoms with E-state index >= 15 is 0 Å². The summed E-state index contributed by atoms with van der Waals surface area (Å²) in [5.41, 5.74) is 1.09. The van der Waals surface area contributed by atoms with E-state index in [9.17, 15) is 0 Å². The van der Waals surface area contributed by atoms with E-state index in [1.54, 1.807) is 23.1 Å². The van der Waals surface area contributed by atoms with Gasteiger partial charge in [0.15, 0.2) is 0 Å². The van der Waals surface area contributed by atoms with Crippen molar-refractivity contribution in [2.75, 3.05) is 0 Å². The lowest BCUT2D eigenvalue weighted by molar-refractivity contribution is 0.445. The summed E-state index contributed by atoms with van der Waals surface area (Å²) in [4.78, 5) is 4.70. The summed E-state index contributed by atoms with van der Waals surface area (Å²) in [7, 11) is 0. The number of rotatable bonds is 6. The average Bonchev–Trinajstić information content (AvgIpc) is 3.04. The lowest BCUT2D eigenvalue weighted by Gasteiger charge is -2.10. The van der Waals surface area contributed by atoms with Gasteiger partial charge in [0.25, 0.3) is 0 Å². The van der Waals surface area contributed by atoms with Crippen LogP contribution in [0.1, 0.15) is 25.8 Å². The number of tetrazole rings is 1. The molecule has 0 saturated carbocycles. The van der Waals surface area contributed by atoms with Crippen LogP contribution in [-0.4, -0.2) is 30.4 Å². The molecule has 0 unspecified atom stereocenters. The maximum atomic E-state index is 4.70. The summed E-state index contributed by atoms with van der Waals surface area (Å²) >= 11 is 3.49. The first-order chi connectivity index (χ1) is 10.6. The number of benzene rings is 1. The normalized spacial score (nSPS) is 13.1. The second kappa shape index (κ2) is 6.75. The number of fused-ring (bicyclic) bond motifs is 1. The largest absolute Gasteiger partial charge is 0.241 e. The molecular weight excluding hydrogens is 314 g/mol. The lowest BCUT2D eigenvalue weighted by atomic mass is 10.2. The molecule has 3 aromatic rings. The topological polar surface area (TPSA) is 56.5 Å². The molecule has 0 radical (unpaired) electrons. The summed E-state index contributed by atoms with van der Waals surface area (Å²) < 4.78 is 3.14. The molecule has 1 aromatic carbocycles. The minimum atomic E-state index is 0.387. The first kappa shape index (κ1) is 15.4. The molecule has 0 N–H and O–H groups in total. The van der Waals surface area contributed by atoms with Crippen LogP contribution in [-0.2, 0) is 13.0 Å². The van der Waals surface area contributed by atoms with Crippen LogP contribution in [0.2, 0.25) is 0 Å². The van der Waals surface area contributed by atoms with Gasteiger partial charge in [0, 0.05) is 18.2 Å². The first-order valence-electron chi connectivity index (χ1n) is 7.39. The van der Waals surface area contributed by atoms with Gasteiger partial charge >= 0.3 is 0 Å². The summed E-state index contributed by atoms with van der Waals surface area (Å²) in [6.07, 6.45) is 0.929. The Morgan fingerprint density at radius 3 is 2.82 bits per heavy atom. The third kappa shape index (κ3) is 3.64. The highest BCUT2D eigenvalue weighted by atomic mass is 32.2. The lowest BCUT2D eigenvalue weighted by Crippen LogP contribution is -2.10. The van der Waals surface area contributed by atoms with Crippen molar-refractivity contribution in [3.63, 3.8) is 0 Å². The van der Waals surface area contributed by atoms with Gasteiger partial charge in [-0.05, 0) is 28.5 Å². The SMILES string of the molecule is CC(C)Cn1nnnc1S[C@@H](C)Cc1nc2ccccc2s1. The summed E-state index contributed by atoms with van der Waals surface area (Å²) in [5.74, 6) is 0.530. The van der Waals surface area contributed by atoms with E-state index in [0.29, 0.717) is 11.2 Å². The van der Waals surface area contributed by atoms with Crippen molar-refractivity contribution in [1.82, 2.24) is 25.2 Å². The second-order valence-corrected chi connectivity index (χ2v) is 8.27. The molecule has 2 heterocycles. The molecule has 0 spiro atoms. The third-order valence-corrected chi connectivity index (χ3v) is 5.27. The molecule has 7 heteroatoms. The number of hydrogen-bond donors (Lipinski definition) is 0. The minimum Gasteiger partial charge on any atom is -0.241 e. The standard InChI is InChI=1S/C15H19N5S2/c1-10(2)9-20-15(17-18-19-20)21-11(3)8-14-16-12-6-4-5-7-13(12)22-14/h4-7,10-11H,8-9H2,1-3H3/t11-/m0/s1. The number of nitrogens with zero attached hydrogens (tertiary/aromatic N) is 5. The van der Waals surface area contributed by atoms with Crippen LogP contribution in [0.25, 0.3) is 10.2 Å². The Balaban J connectivity index is 1.67. The summed E-state index contributed by atoms with van der Waals surface area (Å²) in [5, 5.41) is 14.5. The average molecular weight is 333 g/mol. The van der Waals surface area contributed by atoms with Crippen molar-refractivity contribution in [2.45, 2.75) is 44.1 Å². The molecule has 0 saturated heterocycles. The van der Waals surface area contributed by atoms with E-state index in [1.165, 1.54) is 9.71 Å².